The molecule has 1 saturated carbocycles. The second-order valence-corrected chi connectivity index (χ2v) is 5.02. The molecule has 0 spiro atoms. The second kappa shape index (κ2) is 6.34. The van der Waals surface area contributed by atoms with E-state index in [-0.39, 0.29) is 11.4 Å². The van der Waals surface area contributed by atoms with Crippen LogP contribution in [-0.4, -0.2) is 45.8 Å². The van der Waals surface area contributed by atoms with Gasteiger partial charge in [0.05, 0.1) is 6.10 Å². The Balaban J connectivity index is 2.02. The number of hydrogen-bond donors (Lipinski definition) is 2. The van der Waals surface area contributed by atoms with Crippen LogP contribution < -0.4 is 10.2 Å². The summed E-state index contributed by atoms with van der Waals surface area (Å²) in [6, 6.07) is 0. The smallest absolute Gasteiger partial charge is 0.231 e. The monoisotopic (exact) mass is 285 g/mol. The lowest BCUT2D eigenvalue weighted by Crippen LogP contribution is -2.26. The van der Waals surface area contributed by atoms with E-state index in [0.29, 0.717) is 24.4 Å². The maximum absolute atomic E-state index is 9.81. The van der Waals surface area contributed by atoms with Gasteiger partial charge in [-0.25, -0.2) is 0 Å². The van der Waals surface area contributed by atoms with Crippen LogP contribution in [0.15, 0.2) is 0 Å². The van der Waals surface area contributed by atoms with Crippen molar-refractivity contribution in [1.82, 2.24) is 15.0 Å². The fourth-order valence-corrected chi connectivity index (χ4v) is 2.07. The summed E-state index contributed by atoms with van der Waals surface area (Å²) in [7, 11) is 0. The molecule has 106 valence electrons. The minimum atomic E-state index is -0.340. The number of anilines is 2. The van der Waals surface area contributed by atoms with Crippen LogP contribution in [0.3, 0.4) is 0 Å². The van der Waals surface area contributed by atoms with E-state index >= 15 is 0 Å². The highest BCUT2D eigenvalue weighted by molar-refractivity contribution is 6.28. The van der Waals surface area contributed by atoms with Crippen LogP contribution in [-0.2, 0) is 0 Å². The van der Waals surface area contributed by atoms with Gasteiger partial charge in [0.2, 0.25) is 17.2 Å². The van der Waals surface area contributed by atoms with Crippen molar-refractivity contribution in [2.24, 2.45) is 5.92 Å². The molecule has 1 aliphatic rings. The highest BCUT2D eigenvalue weighted by Gasteiger charge is 2.29. The molecule has 0 bridgehead atoms. The molecule has 0 aliphatic heterocycles. The van der Waals surface area contributed by atoms with Gasteiger partial charge in [0.15, 0.2) is 0 Å². The number of aliphatic hydroxyl groups excluding tert-OH is 1. The summed E-state index contributed by atoms with van der Waals surface area (Å²) in [6.07, 6.45) is 1.87. The number of rotatable bonds is 7. The number of halogens is 1. The van der Waals surface area contributed by atoms with E-state index in [9.17, 15) is 5.11 Å². The van der Waals surface area contributed by atoms with E-state index in [0.717, 1.165) is 25.9 Å². The van der Waals surface area contributed by atoms with Crippen molar-refractivity contribution in [2.45, 2.75) is 32.8 Å². The first kappa shape index (κ1) is 14.3. The highest BCUT2D eigenvalue weighted by Crippen LogP contribution is 2.32. The fourth-order valence-electron chi connectivity index (χ4n) is 1.91. The Kier molecular flexibility index (Phi) is 4.76. The molecule has 1 atom stereocenters. The Morgan fingerprint density at radius 2 is 2.00 bits per heavy atom. The lowest BCUT2D eigenvalue weighted by Gasteiger charge is -2.19. The molecule has 0 radical (unpaired) electrons. The lowest BCUT2D eigenvalue weighted by atomic mass is 10.2. The molecule has 1 aromatic heterocycles. The van der Waals surface area contributed by atoms with E-state index in [4.69, 9.17) is 11.6 Å². The first-order valence-electron chi connectivity index (χ1n) is 6.72. The predicted molar refractivity (Wildman–Crippen MR) is 75.6 cm³/mol. The molecule has 0 amide bonds. The normalized spacial score (nSPS) is 16.2. The van der Waals surface area contributed by atoms with Gasteiger partial charge in [-0.3, -0.25) is 0 Å². The number of aliphatic hydroxyl groups is 1. The SMILES string of the molecule is CCN(CC)c1nc(Cl)nc(NCC(O)C2CC2)n1. The third-order valence-corrected chi connectivity index (χ3v) is 3.45. The summed E-state index contributed by atoms with van der Waals surface area (Å²) >= 11 is 5.91. The summed E-state index contributed by atoms with van der Waals surface area (Å²) in [5.74, 6) is 1.40. The van der Waals surface area contributed by atoms with Crippen molar-refractivity contribution in [3.8, 4) is 0 Å². The maximum atomic E-state index is 9.81. The van der Waals surface area contributed by atoms with Gasteiger partial charge in [-0.15, -0.1) is 0 Å². The molecule has 1 unspecified atom stereocenters. The van der Waals surface area contributed by atoms with Gasteiger partial charge in [-0.05, 0) is 44.2 Å². The van der Waals surface area contributed by atoms with Crippen LogP contribution in [0.1, 0.15) is 26.7 Å². The zero-order chi connectivity index (χ0) is 13.8. The van der Waals surface area contributed by atoms with Crippen LogP contribution in [0.4, 0.5) is 11.9 Å². The molecule has 6 nitrogen and oxygen atoms in total. The summed E-state index contributed by atoms with van der Waals surface area (Å²) in [4.78, 5) is 14.5. The third-order valence-electron chi connectivity index (χ3n) is 3.28. The van der Waals surface area contributed by atoms with E-state index < -0.39 is 0 Å². The fraction of sp³-hybridized carbons (Fsp3) is 0.750. The number of nitrogens with zero attached hydrogens (tertiary/aromatic N) is 4. The van der Waals surface area contributed by atoms with Crippen molar-refractivity contribution >= 4 is 23.5 Å². The minimum Gasteiger partial charge on any atom is -0.391 e. The molecule has 7 heteroatoms. The minimum absolute atomic E-state index is 0.167. The first-order chi connectivity index (χ1) is 9.13. The largest absolute Gasteiger partial charge is 0.391 e. The predicted octanol–water partition coefficient (Wildman–Crippen LogP) is 1.55. The summed E-state index contributed by atoms with van der Waals surface area (Å²) in [5, 5.41) is 13.0. The number of hydrogen-bond acceptors (Lipinski definition) is 6. The van der Waals surface area contributed by atoms with Crippen LogP contribution in [0.25, 0.3) is 0 Å². The van der Waals surface area contributed by atoms with Crippen molar-refractivity contribution < 1.29 is 5.11 Å². The summed E-state index contributed by atoms with van der Waals surface area (Å²) in [6.45, 7) is 6.13. The molecule has 1 heterocycles. The van der Waals surface area contributed by atoms with Gasteiger partial charge in [0.25, 0.3) is 0 Å². The standard InChI is InChI=1S/C12H20ClN5O/c1-3-18(4-2)12-16-10(13)15-11(17-12)14-7-9(19)8-5-6-8/h8-9,19H,3-7H2,1-2H3,(H,14,15,16,17). The van der Waals surface area contributed by atoms with E-state index in [1.807, 2.05) is 18.7 Å². The number of nitrogens with one attached hydrogen (secondary N) is 1. The Bertz CT molecular complexity index is 423. The Morgan fingerprint density at radius 1 is 1.32 bits per heavy atom. The Labute approximate surface area is 118 Å². The summed E-state index contributed by atoms with van der Waals surface area (Å²) in [5.41, 5.74) is 0. The first-order valence-corrected chi connectivity index (χ1v) is 7.10. The molecule has 1 fully saturated rings. The zero-order valence-electron chi connectivity index (χ0n) is 11.3. The lowest BCUT2D eigenvalue weighted by molar-refractivity contribution is 0.164. The van der Waals surface area contributed by atoms with Crippen molar-refractivity contribution in [2.75, 3.05) is 29.9 Å². The van der Waals surface area contributed by atoms with Gasteiger partial charge in [-0.2, -0.15) is 15.0 Å². The van der Waals surface area contributed by atoms with Gasteiger partial charge in [0, 0.05) is 19.6 Å². The average molecular weight is 286 g/mol. The Morgan fingerprint density at radius 3 is 2.58 bits per heavy atom. The molecule has 1 aromatic rings. The molecule has 0 saturated heterocycles. The van der Waals surface area contributed by atoms with Crippen molar-refractivity contribution in [3.63, 3.8) is 0 Å². The van der Waals surface area contributed by atoms with Crippen LogP contribution in [0.5, 0.6) is 0 Å². The molecular formula is C12H20ClN5O. The van der Waals surface area contributed by atoms with Crippen LogP contribution >= 0.6 is 11.6 Å². The highest BCUT2D eigenvalue weighted by atomic mass is 35.5. The molecule has 2 rings (SSSR count). The topological polar surface area (TPSA) is 74.2 Å². The van der Waals surface area contributed by atoms with Gasteiger partial charge >= 0.3 is 0 Å². The molecular weight excluding hydrogens is 266 g/mol. The molecule has 2 N–H and O–H groups in total. The van der Waals surface area contributed by atoms with Crippen molar-refractivity contribution in [3.05, 3.63) is 5.28 Å². The van der Waals surface area contributed by atoms with E-state index in [1.54, 1.807) is 0 Å². The quantitative estimate of drug-likeness (QED) is 0.792. The van der Waals surface area contributed by atoms with Gasteiger partial charge in [0.1, 0.15) is 0 Å². The average Bonchev–Trinajstić information content (AvgIpc) is 3.21. The third kappa shape index (κ3) is 3.91. The summed E-state index contributed by atoms with van der Waals surface area (Å²) < 4.78 is 0. The molecule has 19 heavy (non-hydrogen) atoms. The number of aromatic nitrogens is 3. The van der Waals surface area contributed by atoms with Gasteiger partial charge < -0.3 is 15.3 Å². The Hall–Kier alpha value is -1.14. The second-order valence-electron chi connectivity index (χ2n) is 4.69. The van der Waals surface area contributed by atoms with E-state index in [2.05, 4.69) is 20.3 Å². The van der Waals surface area contributed by atoms with Crippen LogP contribution in [0.2, 0.25) is 5.28 Å². The van der Waals surface area contributed by atoms with Crippen LogP contribution in [0, 0.1) is 5.92 Å². The maximum Gasteiger partial charge on any atom is 0.231 e. The van der Waals surface area contributed by atoms with Gasteiger partial charge in [-0.1, -0.05) is 0 Å². The van der Waals surface area contributed by atoms with E-state index in [1.165, 1.54) is 0 Å². The molecule has 0 aromatic carbocycles. The van der Waals surface area contributed by atoms with Crippen molar-refractivity contribution in [1.29, 1.82) is 0 Å². The molecule has 1 aliphatic carbocycles. The zero-order valence-corrected chi connectivity index (χ0v) is 12.1.